The summed E-state index contributed by atoms with van der Waals surface area (Å²) in [4.78, 5) is 15.0. The summed E-state index contributed by atoms with van der Waals surface area (Å²) in [5.74, 6) is 0. The van der Waals surface area contributed by atoms with Crippen molar-refractivity contribution in [3.8, 4) is 0 Å². The number of carbonyl (C=O) groups is 1. The highest BCUT2D eigenvalue weighted by molar-refractivity contribution is 7.07. The van der Waals surface area contributed by atoms with Crippen molar-refractivity contribution in [2.75, 3.05) is 0 Å². The Morgan fingerprint density at radius 1 is 1.67 bits per heavy atom. The van der Waals surface area contributed by atoms with Crippen molar-refractivity contribution in [2.45, 2.75) is 25.7 Å². The molecule has 1 aliphatic rings. The first-order chi connectivity index (χ1) is 5.85. The smallest absolute Gasteiger partial charge is 0.126 e. The van der Waals surface area contributed by atoms with Crippen molar-refractivity contribution >= 4 is 17.6 Å². The first-order valence-electron chi connectivity index (χ1n) is 4.18. The Balaban J connectivity index is 2.06. The fourth-order valence-corrected chi connectivity index (χ4v) is 2.21. The Morgan fingerprint density at radius 2 is 2.50 bits per heavy atom. The third-order valence-corrected chi connectivity index (χ3v) is 3.25. The van der Waals surface area contributed by atoms with Crippen LogP contribution in [0.2, 0.25) is 0 Å². The molecule has 0 amide bonds. The zero-order valence-electron chi connectivity index (χ0n) is 6.82. The van der Waals surface area contributed by atoms with Gasteiger partial charge in [-0.15, -0.1) is 11.3 Å². The molecule has 1 aromatic rings. The maximum atomic E-state index is 10.8. The third kappa shape index (κ3) is 1.29. The van der Waals surface area contributed by atoms with Gasteiger partial charge in [-0.3, -0.25) is 0 Å². The van der Waals surface area contributed by atoms with Crippen LogP contribution in [0.1, 0.15) is 25.0 Å². The Bertz CT molecular complexity index is 264. The van der Waals surface area contributed by atoms with Gasteiger partial charge in [-0.25, -0.2) is 4.98 Å². The van der Waals surface area contributed by atoms with E-state index in [4.69, 9.17) is 0 Å². The fraction of sp³-hybridized carbons (Fsp3) is 0.556. The number of hydrogen-bond donors (Lipinski definition) is 0. The minimum atomic E-state index is -0.0475. The van der Waals surface area contributed by atoms with Crippen molar-refractivity contribution in [1.82, 2.24) is 4.98 Å². The molecule has 0 saturated heterocycles. The summed E-state index contributed by atoms with van der Waals surface area (Å²) in [6, 6.07) is 0. The zero-order chi connectivity index (χ0) is 8.44. The van der Waals surface area contributed by atoms with Gasteiger partial charge in [0, 0.05) is 17.2 Å². The summed E-state index contributed by atoms with van der Waals surface area (Å²) in [6.45, 7) is 0. The van der Waals surface area contributed by atoms with Gasteiger partial charge in [0.1, 0.15) is 6.29 Å². The molecule has 1 saturated carbocycles. The maximum absolute atomic E-state index is 10.8. The van der Waals surface area contributed by atoms with E-state index in [-0.39, 0.29) is 5.41 Å². The number of rotatable bonds is 3. The molecule has 1 aromatic heterocycles. The number of carbonyl (C=O) groups excluding carboxylic acids is 1. The van der Waals surface area contributed by atoms with E-state index in [2.05, 4.69) is 4.98 Å². The van der Waals surface area contributed by atoms with E-state index < -0.39 is 0 Å². The van der Waals surface area contributed by atoms with Crippen LogP contribution in [0.3, 0.4) is 0 Å². The molecule has 0 N–H and O–H groups in total. The first kappa shape index (κ1) is 7.92. The van der Waals surface area contributed by atoms with Gasteiger partial charge in [-0.2, -0.15) is 0 Å². The topological polar surface area (TPSA) is 30.0 Å². The molecule has 0 aliphatic heterocycles. The summed E-state index contributed by atoms with van der Waals surface area (Å²) in [5, 5.41) is 2.03. The molecule has 1 aliphatic carbocycles. The average molecular weight is 181 g/mol. The number of aldehydes is 1. The summed E-state index contributed by atoms with van der Waals surface area (Å²) < 4.78 is 0. The lowest BCUT2D eigenvalue weighted by atomic mass is 9.67. The molecule has 0 bridgehead atoms. The second-order valence-electron chi connectivity index (χ2n) is 3.49. The van der Waals surface area contributed by atoms with Crippen molar-refractivity contribution < 1.29 is 4.79 Å². The van der Waals surface area contributed by atoms with Crippen molar-refractivity contribution in [3.63, 3.8) is 0 Å². The summed E-state index contributed by atoms with van der Waals surface area (Å²) in [7, 11) is 0. The average Bonchev–Trinajstić information content (AvgIpc) is 2.49. The quantitative estimate of drug-likeness (QED) is 0.668. The monoisotopic (exact) mass is 181 g/mol. The normalized spacial score (nSPS) is 20.0. The van der Waals surface area contributed by atoms with Gasteiger partial charge in [-0.1, -0.05) is 6.42 Å². The van der Waals surface area contributed by atoms with E-state index in [0.717, 1.165) is 31.2 Å². The van der Waals surface area contributed by atoms with Gasteiger partial charge in [0.2, 0.25) is 0 Å². The van der Waals surface area contributed by atoms with Crippen LogP contribution >= 0.6 is 11.3 Å². The van der Waals surface area contributed by atoms with E-state index in [9.17, 15) is 4.79 Å². The second-order valence-corrected chi connectivity index (χ2v) is 4.21. The maximum Gasteiger partial charge on any atom is 0.126 e. The summed E-state index contributed by atoms with van der Waals surface area (Å²) in [5.41, 5.74) is 2.85. The van der Waals surface area contributed by atoms with Crippen LogP contribution in [0.4, 0.5) is 0 Å². The molecule has 2 rings (SSSR count). The predicted molar refractivity (Wildman–Crippen MR) is 48.2 cm³/mol. The van der Waals surface area contributed by atoms with E-state index in [1.807, 2.05) is 10.9 Å². The molecule has 12 heavy (non-hydrogen) atoms. The minimum Gasteiger partial charge on any atom is -0.303 e. The van der Waals surface area contributed by atoms with Gasteiger partial charge in [0.15, 0.2) is 0 Å². The lowest BCUT2D eigenvalue weighted by molar-refractivity contribution is -0.120. The molecule has 0 radical (unpaired) electrons. The van der Waals surface area contributed by atoms with Gasteiger partial charge in [0.25, 0.3) is 0 Å². The second kappa shape index (κ2) is 2.98. The standard InChI is InChI=1S/C9H11NOS/c11-6-9(2-1-3-9)4-8-5-12-7-10-8/h5-7H,1-4H2. The van der Waals surface area contributed by atoms with Crippen LogP contribution in [-0.4, -0.2) is 11.3 Å². The number of nitrogens with zero attached hydrogens (tertiary/aromatic N) is 1. The third-order valence-electron chi connectivity index (χ3n) is 2.62. The fourth-order valence-electron chi connectivity index (χ4n) is 1.65. The van der Waals surface area contributed by atoms with Crippen LogP contribution in [0.15, 0.2) is 10.9 Å². The summed E-state index contributed by atoms with van der Waals surface area (Å²) in [6.07, 6.45) is 5.26. The molecule has 0 atom stereocenters. The van der Waals surface area contributed by atoms with Crippen LogP contribution < -0.4 is 0 Å². The Kier molecular flexibility index (Phi) is 1.97. The van der Waals surface area contributed by atoms with Gasteiger partial charge >= 0.3 is 0 Å². The minimum absolute atomic E-state index is 0.0475. The lowest BCUT2D eigenvalue weighted by Gasteiger charge is -2.35. The highest BCUT2D eigenvalue weighted by Gasteiger charge is 2.37. The highest BCUT2D eigenvalue weighted by Crippen LogP contribution is 2.41. The van der Waals surface area contributed by atoms with Crippen molar-refractivity contribution in [2.24, 2.45) is 5.41 Å². The van der Waals surface area contributed by atoms with Crippen LogP contribution in [0, 0.1) is 5.41 Å². The Hall–Kier alpha value is -0.700. The number of aromatic nitrogens is 1. The molecular weight excluding hydrogens is 170 g/mol. The molecule has 1 heterocycles. The van der Waals surface area contributed by atoms with E-state index in [1.54, 1.807) is 11.3 Å². The highest BCUT2D eigenvalue weighted by atomic mass is 32.1. The van der Waals surface area contributed by atoms with Crippen LogP contribution in [0.25, 0.3) is 0 Å². The van der Waals surface area contributed by atoms with Gasteiger partial charge in [-0.05, 0) is 12.8 Å². The molecule has 64 valence electrons. The van der Waals surface area contributed by atoms with Gasteiger partial charge < -0.3 is 4.79 Å². The molecule has 0 unspecified atom stereocenters. The molecule has 0 spiro atoms. The Morgan fingerprint density at radius 3 is 2.92 bits per heavy atom. The molecule has 0 aromatic carbocycles. The lowest BCUT2D eigenvalue weighted by Crippen LogP contribution is -2.33. The van der Waals surface area contributed by atoms with Crippen molar-refractivity contribution in [3.05, 3.63) is 16.6 Å². The number of thiazole rings is 1. The largest absolute Gasteiger partial charge is 0.303 e. The van der Waals surface area contributed by atoms with Crippen LogP contribution in [0.5, 0.6) is 0 Å². The molecule has 3 heteroatoms. The van der Waals surface area contributed by atoms with E-state index in [0.29, 0.717) is 0 Å². The van der Waals surface area contributed by atoms with Crippen LogP contribution in [-0.2, 0) is 11.2 Å². The molecule has 1 fully saturated rings. The SMILES string of the molecule is O=CC1(Cc2cscn2)CCC1. The predicted octanol–water partition coefficient (Wildman–Crippen LogP) is 2.05. The molecular formula is C9H11NOS. The van der Waals surface area contributed by atoms with Gasteiger partial charge in [0.05, 0.1) is 11.2 Å². The Labute approximate surface area is 75.6 Å². The van der Waals surface area contributed by atoms with E-state index >= 15 is 0 Å². The summed E-state index contributed by atoms with van der Waals surface area (Å²) >= 11 is 1.60. The number of hydrogen-bond acceptors (Lipinski definition) is 3. The zero-order valence-corrected chi connectivity index (χ0v) is 7.64. The van der Waals surface area contributed by atoms with Crippen molar-refractivity contribution in [1.29, 1.82) is 0 Å². The van der Waals surface area contributed by atoms with E-state index in [1.165, 1.54) is 6.42 Å². The first-order valence-corrected chi connectivity index (χ1v) is 5.12. The molecule has 2 nitrogen and oxygen atoms in total.